The third-order valence-electron chi connectivity index (χ3n) is 1.69. The standard InChI is InChI=1S/C7H12O3/c1-5-3-6(4-8)7(2,9)10-5/h3,6,8-9H,4H2,1-2H3. The van der Waals surface area contributed by atoms with Crippen LogP contribution in [-0.4, -0.2) is 22.6 Å². The Bertz CT molecular complexity index is 160. The predicted molar refractivity (Wildman–Crippen MR) is 36.0 cm³/mol. The summed E-state index contributed by atoms with van der Waals surface area (Å²) in [7, 11) is 0. The predicted octanol–water partition coefficient (Wildman–Crippen LogP) is 0.237. The van der Waals surface area contributed by atoms with Crippen molar-refractivity contribution in [3.63, 3.8) is 0 Å². The molecule has 0 radical (unpaired) electrons. The van der Waals surface area contributed by atoms with Gasteiger partial charge >= 0.3 is 0 Å². The molecule has 0 aromatic carbocycles. The third-order valence-corrected chi connectivity index (χ3v) is 1.69. The molecule has 0 fully saturated rings. The van der Waals surface area contributed by atoms with Crippen LogP contribution in [0.4, 0.5) is 0 Å². The zero-order valence-corrected chi connectivity index (χ0v) is 6.16. The second-order valence-corrected chi connectivity index (χ2v) is 2.72. The van der Waals surface area contributed by atoms with Gasteiger partial charge in [-0.15, -0.1) is 0 Å². The van der Waals surface area contributed by atoms with Gasteiger partial charge in [0.1, 0.15) is 0 Å². The molecule has 0 aromatic heterocycles. The molecule has 10 heavy (non-hydrogen) atoms. The minimum atomic E-state index is -1.21. The molecule has 3 heteroatoms. The van der Waals surface area contributed by atoms with Crippen molar-refractivity contribution in [3.05, 3.63) is 11.8 Å². The number of ether oxygens (including phenoxy) is 1. The van der Waals surface area contributed by atoms with E-state index in [4.69, 9.17) is 9.84 Å². The summed E-state index contributed by atoms with van der Waals surface area (Å²) in [6.45, 7) is 3.22. The molecule has 2 atom stereocenters. The second kappa shape index (κ2) is 2.25. The lowest BCUT2D eigenvalue weighted by atomic mass is 10.0. The molecule has 0 amide bonds. The Morgan fingerprint density at radius 3 is 2.60 bits per heavy atom. The molecule has 2 unspecified atom stereocenters. The van der Waals surface area contributed by atoms with Gasteiger partial charge in [-0.05, 0) is 13.0 Å². The highest BCUT2D eigenvalue weighted by atomic mass is 16.6. The van der Waals surface area contributed by atoms with Gasteiger partial charge in [-0.2, -0.15) is 0 Å². The molecule has 58 valence electrons. The molecule has 3 nitrogen and oxygen atoms in total. The van der Waals surface area contributed by atoms with Crippen LogP contribution in [0.2, 0.25) is 0 Å². The van der Waals surface area contributed by atoms with Crippen LogP contribution in [0.1, 0.15) is 13.8 Å². The van der Waals surface area contributed by atoms with Crippen molar-refractivity contribution in [2.24, 2.45) is 5.92 Å². The van der Waals surface area contributed by atoms with Crippen LogP contribution in [0.15, 0.2) is 11.8 Å². The van der Waals surface area contributed by atoms with Crippen molar-refractivity contribution < 1.29 is 14.9 Å². The molecule has 0 aliphatic carbocycles. The smallest absolute Gasteiger partial charge is 0.213 e. The normalized spacial score (nSPS) is 39.2. The lowest BCUT2D eigenvalue weighted by Gasteiger charge is -2.23. The quantitative estimate of drug-likeness (QED) is 0.554. The third kappa shape index (κ3) is 1.15. The molecule has 2 N–H and O–H groups in total. The maximum absolute atomic E-state index is 9.39. The molecule has 1 rings (SSSR count). The monoisotopic (exact) mass is 144 g/mol. The number of allylic oxidation sites excluding steroid dienone is 1. The van der Waals surface area contributed by atoms with Gasteiger partial charge in [0, 0.05) is 6.92 Å². The van der Waals surface area contributed by atoms with Gasteiger partial charge in [0.25, 0.3) is 0 Å². The molecule has 0 spiro atoms. The molecule has 0 aromatic rings. The van der Waals surface area contributed by atoms with Crippen molar-refractivity contribution >= 4 is 0 Å². The van der Waals surface area contributed by atoms with E-state index in [9.17, 15) is 5.11 Å². The molecule has 1 aliphatic heterocycles. The molecular weight excluding hydrogens is 132 g/mol. The van der Waals surface area contributed by atoms with Crippen molar-refractivity contribution in [2.75, 3.05) is 6.61 Å². The zero-order chi connectivity index (χ0) is 7.78. The minimum Gasteiger partial charge on any atom is -0.467 e. The van der Waals surface area contributed by atoms with Gasteiger partial charge in [0.05, 0.1) is 18.3 Å². The van der Waals surface area contributed by atoms with Gasteiger partial charge in [-0.25, -0.2) is 0 Å². The minimum absolute atomic E-state index is 0.0790. The van der Waals surface area contributed by atoms with Crippen LogP contribution in [0.5, 0.6) is 0 Å². The fourth-order valence-electron chi connectivity index (χ4n) is 1.10. The summed E-state index contributed by atoms with van der Waals surface area (Å²) in [5, 5.41) is 18.1. The summed E-state index contributed by atoms with van der Waals surface area (Å²) < 4.78 is 5.01. The zero-order valence-electron chi connectivity index (χ0n) is 6.16. The van der Waals surface area contributed by atoms with E-state index in [1.807, 2.05) is 0 Å². The van der Waals surface area contributed by atoms with E-state index in [1.165, 1.54) is 0 Å². The van der Waals surface area contributed by atoms with Crippen LogP contribution in [-0.2, 0) is 4.74 Å². The fraction of sp³-hybridized carbons (Fsp3) is 0.714. The van der Waals surface area contributed by atoms with Crippen LogP contribution < -0.4 is 0 Å². The maximum Gasteiger partial charge on any atom is 0.213 e. The maximum atomic E-state index is 9.39. The highest BCUT2D eigenvalue weighted by Gasteiger charge is 2.37. The van der Waals surface area contributed by atoms with Gasteiger partial charge in [-0.1, -0.05) is 0 Å². The molecule has 0 bridgehead atoms. The van der Waals surface area contributed by atoms with E-state index in [1.54, 1.807) is 19.9 Å². The summed E-state index contributed by atoms with van der Waals surface area (Å²) in [5.41, 5.74) is 0. The van der Waals surface area contributed by atoms with E-state index in [-0.39, 0.29) is 12.5 Å². The Balaban J connectivity index is 2.70. The summed E-state index contributed by atoms with van der Waals surface area (Å²) in [4.78, 5) is 0. The number of hydrogen-bond acceptors (Lipinski definition) is 3. The van der Waals surface area contributed by atoms with Gasteiger partial charge < -0.3 is 14.9 Å². The average Bonchev–Trinajstić information content (AvgIpc) is 2.04. The number of aliphatic hydroxyl groups excluding tert-OH is 1. The van der Waals surface area contributed by atoms with Gasteiger partial charge in [-0.3, -0.25) is 0 Å². The van der Waals surface area contributed by atoms with Crippen molar-refractivity contribution in [1.29, 1.82) is 0 Å². The number of aliphatic hydroxyl groups is 2. The van der Waals surface area contributed by atoms with Crippen LogP contribution in [0.25, 0.3) is 0 Å². The first-order valence-corrected chi connectivity index (χ1v) is 3.27. The first kappa shape index (κ1) is 7.57. The van der Waals surface area contributed by atoms with E-state index in [2.05, 4.69) is 0 Å². The van der Waals surface area contributed by atoms with Crippen molar-refractivity contribution in [1.82, 2.24) is 0 Å². The van der Waals surface area contributed by atoms with Gasteiger partial charge in [0.2, 0.25) is 5.79 Å². The van der Waals surface area contributed by atoms with Crippen LogP contribution >= 0.6 is 0 Å². The average molecular weight is 144 g/mol. The molecule has 0 saturated heterocycles. The summed E-state index contributed by atoms with van der Waals surface area (Å²) in [6.07, 6.45) is 1.72. The van der Waals surface area contributed by atoms with E-state index < -0.39 is 5.79 Å². The van der Waals surface area contributed by atoms with Crippen LogP contribution in [0, 0.1) is 5.92 Å². The Kier molecular flexibility index (Phi) is 1.70. The number of hydrogen-bond donors (Lipinski definition) is 2. The Morgan fingerprint density at radius 2 is 2.40 bits per heavy atom. The van der Waals surface area contributed by atoms with E-state index in [0.717, 1.165) is 0 Å². The Morgan fingerprint density at radius 1 is 1.80 bits per heavy atom. The fourth-order valence-corrected chi connectivity index (χ4v) is 1.10. The molecule has 1 aliphatic rings. The second-order valence-electron chi connectivity index (χ2n) is 2.72. The van der Waals surface area contributed by atoms with Crippen molar-refractivity contribution in [2.45, 2.75) is 19.6 Å². The first-order chi connectivity index (χ1) is 4.56. The van der Waals surface area contributed by atoms with Gasteiger partial charge in [0.15, 0.2) is 0 Å². The largest absolute Gasteiger partial charge is 0.467 e. The summed E-state index contributed by atoms with van der Waals surface area (Å²) >= 11 is 0. The van der Waals surface area contributed by atoms with E-state index in [0.29, 0.717) is 5.76 Å². The topological polar surface area (TPSA) is 49.7 Å². The Labute approximate surface area is 59.9 Å². The highest BCUT2D eigenvalue weighted by molar-refractivity contribution is 5.05. The lowest BCUT2D eigenvalue weighted by molar-refractivity contribution is -0.177. The number of rotatable bonds is 1. The summed E-state index contributed by atoms with van der Waals surface area (Å²) in [5.74, 6) is -0.824. The SMILES string of the molecule is CC1=CC(CO)C(C)(O)O1. The molecule has 1 heterocycles. The highest BCUT2D eigenvalue weighted by Crippen LogP contribution is 2.30. The van der Waals surface area contributed by atoms with Crippen molar-refractivity contribution in [3.8, 4) is 0 Å². The summed E-state index contributed by atoms with van der Waals surface area (Å²) in [6, 6.07) is 0. The molecule has 0 saturated carbocycles. The molecular formula is C7H12O3. The van der Waals surface area contributed by atoms with E-state index >= 15 is 0 Å². The van der Waals surface area contributed by atoms with Crippen LogP contribution in [0.3, 0.4) is 0 Å². The Hall–Kier alpha value is -0.540. The first-order valence-electron chi connectivity index (χ1n) is 3.27. The lowest BCUT2D eigenvalue weighted by Crippen LogP contribution is -2.33.